The van der Waals surface area contributed by atoms with E-state index >= 15 is 0 Å². The van der Waals surface area contributed by atoms with Gasteiger partial charge in [-0.1, -0.05) is 0 Å². The molecule has 30 heavy (non-hydrogen) atoms. The van der Waals surface area contributed by atoms with Gasteiger partial charge in [0, 0.05) is 5.39 Å². The van der Waals surface area contributed by atoms with Crippen molar-refractivity contribution in [2.45, 2.75) is 19.6 Å². The summed E-state index contributed by atoms with van der Waals surface area (Å²) in [6, 6.07) is 1.00. The molecule has 0 bridgehead atoms. The number of nitrogens with zero attached hydrogens (tertiary/aromatic N) is 8. The predicted molar refractivity (Wildman–Crippen MR) is 99.2 cm³/mol. The first-order chi connectivity index (χ1) is 14.2. The van der Waals surface area contributed by atoms with Gasteiger partial charge in [-0.15, -0.1) is 16.4 Å². The molecule has 0 aliphatic carbocycles. The molecule has 5 aromatic heterocycles. The van der Waals surface area contributed by atoms with Crippen molar-refractivity contribution in [2.24, 2.45) is 0 Å². The summed E-state index contributed by atoms with van der Waals surface area (Å²) < 4.78 is 42.6. The van der Waals surface area contributed by atoms with Gasteiger partial charge in [-0.25, -0.2) is 19.5 Å². The van der Waals surface area contributed by atoms with Crippen molar-refractivity contribution in [3.05, 3.63) is 52.0 Å². The average molecular weight is 434 g/mol. The standard InChI is InChI=1S/C16H9F3N8O2S/c1-7-2-9(16(17,18)19)22-15-11(7)12-13(30-15)14-23-10(24-26(14)6-20-12)5-25-4-8(3-21-25)27(28)29/h2-4,6H,5H2,1H3. The van der Waals surface area contributed by atoms with Crippen molar-refractivity contribution in [3.63, 3.8) is 0 Å². The van der Waals surface area contributed by atoms with Crippen molar-refractivity contribution in [1.29, 1.82) is 0 Å². The molecule has 0 amide bonds. The third-order valence-corrected chi connectivity index (χ3v) is 5.50. The molecule has 14 heteroatoms. The molecule has 0 unspecified atom stereocenters. The third-order valence-electron chi connectivity index (χ3n) is 4.43. The fraction of sp³-hybridized carbons (Fsp3) is 0.188. The summed E-state index contributed by atoms with van der Waals surface area (Å²) in [5, 5.41) is 19.5. The topological polar surface area (TPSA) is 117 Å². The Kier molecular flexibility index (Phi) is 3.77. The molecule has 10 nitrogen and oxygen atoms in total. The lowest BCUT2D eigenvalue weighted by Crippen LogP contribution is -2.07. The van der Waals surface area contributed by atoms with Gasteiger partial charge in [0.1, 0.15) is 40.5 Å². The van der Waals surface area contributed by atoms with Crippen LogP contribution in [0.25, 0.3) is 26.1 Å². The number of aryl methyl sites for hydroxylation is 1. The van der Waals surface area contributed by atoms with E-state index in [1.54, 1.807) is 6.92 Å². The second kappa shape index (κ2) is 6.16. The molecule has 0 saturated carbocycles. The summed E-state index contributed by atoms with van der Waals surface area (Å²) in [4.78, 5) is 23.0. The van der Waals surface area contributed by atoms with Crippen LogP contribution in [0, 0.1) is 17.0 Å². The number of thiophene rings is 1. The Balaban J connectivity index is 1.64. The lowest BCUT2D eigenvalue weighted by atomic mass is 10.1. The van der Waals surface area contributed by atoms with Gasteiger partial charge in [0.05, 0.1) is 10.4 Å². The molecule has 0 saturated heterocycles. The van der Waals surface area contributed by atoms with E-state index in [1.165, 1.54) is 21.7 Å². The number of halogens is 3. The minimum absolute atomic E-state index is 0.0808. The van der Waals surface area contributed by atoms with E-state index in [2.05, 4.69) is 25.1 Å². The van der Waals surface area contributed by atoms with Crippen molar-refractivity contribution in [2.75, 3.05) is 0 Å². The highest BCUT2D eigenvalue weighted by molar-refractivity contribution is 7.26. The first-order valence-corrected chi connectivity index (χ1v) is 9.20. The number of hydrogen-bond acceptors (Lipinski definition) is 8. The van der Waals surface area contributed by atoms with Crippen LogP contribution in [-0.4, -0.2) is 39.3 Å². The highest BCUT2D eigenvalue weighted by atomic mass is 32.1. The Hall–Kier alpha value is -3.68. The van der Waals surface area contributed by atoms with Gasteiger partial charge < -0.3 is 0 Å². The normalized spacial score (nSPS) is 12.4. The molecule has 0 aliphatic heterocycles. The van der Waals surface area contributed by atoms with E-state index in [4.69, 9.17) is 0 Å². The van der Waals surface area contributed by atoms with Crippen molar-refractivity contribution in [1.82, 2.24) is 34.3 Å². The number of aromatic nitrogens is 7. The van der Waals surface area contributed by atoms with Crippen LogP contribution in [0.3, 0.4) is 0 Å². The van der Waals surface area contributed by atoms with Crippen molar-refractivity contribution < 1.29 is 18.1 Å². The second-order valence-electron chi connectivity index (χ2n) is 6.48. The Bertz CT molecular complexity index is 1470. The van der Waals surface area contributed by atoms with Crippen LogP contribution in [0.1, 0.15) is 17.1 Å². The molecule has 5 rings (SSSR count). The smallest absolute Gasteiger partial charge is 0.258 e. The van der Waals surface area contributed by atoms with Crippen LogP contribution >= 0.6 is 11.3 Å². The molecule has 0 spiro atoms. The number of alkyl halides is 3. The molecule has 152 valence electrons. The quantitative estimate of drug-likeness (QED) is 0.316. The molecule has 0 aromatic carbocycles. The van der Waals surface area contributed by atoms with Crippen LogP contribution in [0.4, 0.5) is 18.9 Å². The zero-order valence-corrected chi connectivity index (χ0v) is 15.8. The number of nitro groups is 1. The predicted octanol–water partition coefficient (Wildman–Crippen LogP) is 3.37. The van der Waals surface area contributed by atoms with Gasteiger partial charge in [0.2, 0.25) is 0 Å². The summed E-state index contributed by atoms with van der Waals surface area (Å²) in [6.45, 7) is 1.66. The first kappa shape index (κ1) is 18.4. The maximum atomic E-state index is 13.1. The van der Waals surface area contributed by atoms with Crippen molar-refractivity contribution >= 4 is 43.1 Å². The maximum Gasteiger partial charge on any atom is 0.433 e. The summed E-state index contributed by atoms with van der Waals surface area (Å²) in [5.74, 6) is 0.320. The van der Waals surface area contributed by atoms with Gasteiger partial charge in [0.25, 0.3) is 0 Å². The van der Waals surface area contributed by atoms with E-state index in [1.807, 2.05) is 0 Å². The van der Waals surface area contributed by atoms with Crippen LogP contribution in [-0.2, 0) is 12.7 Å². The molecule has 5 aromatic rings. The second-order valence-corrected chi connectivity index (χ2v) is 7.48. The van der Waals surface area contributed by atoms with Gasteiger partial charge in [-0.05, 0) is 18.6 Å². The lowest BCUT2D eigenvalue weighted by molar-refractivity contribution is -0.385. The van der Waals surface area contributed by atoms with Crippen LogP contribution in [0.2, 0.25) is 0 Å². The Morgan fingerprint density at radius 2 is 2.10 bits per heavy atom. The van der Waals surface area contributed by atoms with E-state index in [9.17, 15) is 23.3 Å². The van der Waals surface area contributed by atoms with Crippen molar-refractivity contribution in [3.8, 4) is 0 Å². The highest BCUT2D eigenvalue weighted by Crippen LogP contribution is 2.38. The fourth-order valence-corrected chi connectivity index (χ4v) is 4.32. The number of pyridine rings is 1. The minimum Gasteiger partial charge on any atom is -0.258 e. The van der Waals surface area contributed by atoms with Gasteiger partial charge in [0.15, 0.2) is 11.5 Å². The fourth-order valence-electron chi connectivity index (χ4n) is 3.14. The van der Waals surface area contributed by atoms with Crippen LogP contribution in [0.5, 0.6) is 0 Å². The summed E-state index contributed by atoms with van der Waals surface area (Å²) in [7, 11) is 0. The monoisotopic (exact) mass is 434 g/mol. The SMILES string of the molecule is Cc1cc(C(F)(F)F)nc2sc3c(ncn4nc(Cn5cc([N+](=O)[O-])cn5)nc34)c12. The summed E-state index contributed by atoms with van der Waals surface area (Å²) in [6.07, 6.45) is -0.756. The van der Waals surface area contributed by atoms with Gasteiger partial charge in [-0.3, -0.25) is 14.8 Å². The molecular formula is C16H9F3N8O2S. The number of rotatable bonds is 3. The molecule has 0 fully saturated rings. The lowest BCUT2D eigenvalue weighted by Gasteiger charge is -2.06. The Morgan fingerprint density at radius 3 is 2.80 bits per heavy atom. The zero-order chi connectivity index (χ0) is 21.2. The molecule has 5 heterocycles. The Morgan fingerprint density at radius 1 is 1.30 bits per heavy atom. The minimum atomic E-state index is -4.55. The van der Waals surface area contributed by atoms with E-state index < -0.39 is 16.8 Å². The molecule has 0 atom stereocenters. The summed E-state index contributed by atoms with van der Waals surface area (Å²) in [5.41, 5.74) is 0.202. The van der Waals surface area contributed by atoms with E-state index in [-0.39, 0.29) is 17.1 Å². The molecule has 0 radical (unpaired) electrons. The van der Waals surface area contributed by atoms with Gasteiger partial charge >= 0.3 is 11.9 Å². The largest absolute Gasteiger partial charge is 0.433 e. The molecular weight excluding hydrogens is 425 g/mol. The van der Waals surface area contributed by atoms with Crippen LogP contribution < -0.4 is 0 Å². The Labute approximate surface area is 167 Å². The highest BCUT2D eigenvalue weighted by Gasteiger charge is 2.33. The summed E-state index contributed by atoms with van der Waals surface area (Å²) >= 11 is 1.05. The van der Waals surface area contributed by atoms with Crippen LogP contribution in [0.15, 0.2) is 24.8 Å². The zero-order valence-electron chi connectivity index (χ0n) is 15.0. The third kappa shape index (κ3) is 2.83. The average Bonchev–Trinajstić information content (AvgIpc) is 3.36. The number of fused-ring (bicyclic) bond motifs is 5. The maximum absolute atomic E-state index is 13.1. The number of hydrogen-bond donors (Lipinski definition) is 0. The first-order valence-electron chi connectivity index (χ1n) is 8.39. The van der Waals surface area contributed by atoms with Gasteiger partial charge in [-0.2, -0.15) is 18.3 Å². The molecule has 0 N–H and O–H groups in total. The van der Waals surface area contributed by atoms with E-state index in [0.29, 0.717) is 32.6 Å². The van der Waals surface area contributed by atoms with E-state index in [0.717, 1.165) is 23.6 Å². The molecule has 0 aliphatic rings.